The number of fused-ring (bicyclic) bond motifs is 3. The number of carboxylic acids is 1. The molecule has 3 aromatic rings. The molecule has 4 rings (SSSR count). The van der Waals surface area contributed by atoms with E-state index >= 15 is 0 Å². The summed E-state index contributed by atoms with van der Waals surface area (Å²) in [4.78, 5) is 27.0. The zero-order chi connectivity index (χ0) is 24.2. The molecule has 1 atom stereocenters. The first-order chi connectivity index (χ1) is 16.3. The van der Waals surface area contributed by atoms with Crippen molar-refractivity contribution in [1.82, 2.24) is 14.4 Å². The molecule has 2 N–H and O–H groups in total. The second kappa shape index (κ2) is 11.2. The molecule has 0 aliphatic carbocycles. The number of aromatic nitrogens is 1. The van der Waals surface area contributed by atoms with E-state index in [1.807, 2.05) is 17.0 Å². The number of hydrogen-bond donors (Lipinski definition) is 2. The van der Waals surface area contributed by atoms with Crippen molar-refractivity contribution in [3.63, 3.8) is 0 Å². The second-order valence-corrected chi connectivity index (χ2v) is 10.7. The van der Waals surface area contributed by atoms with Crippen molar-refractivity contribution in [2.45, 2.75) is 38.3 Å². The van der Waals surface area contributed by atoms with Crippen LogP contribution in [0.4, 0.5) is 0 Å². The van der Waals surface area contributed by atoms with Gasteiger partial charge in [-0.1, -0.05) is 31.9 Å². The molecule has 0 saturated carbocycles. The molecule has 1 saturated heterocycles. The maximum absolute atomic E-state index is 12.4. The molecule has 1 aliphatic rings. The number of carbonyl (C=O) groups excluding carboxylic acids is 1. The molecule has 0 radical (unpaired) electrons. The largest absolute Gasteiger partial charge is 0.481 e. The van der Waals surface area contributed by atoms with E-state index in [4.69, 9.17) is 5.11 Å². The Bertz CT molecular complexity index is 1130. The third-order valence-electron chi connectivity index (χ3n) is 6.41. The molecule has 0 bridgehead atoms. The predicted molar refractivity (Wildman–Crippen MR) is 140 cm³/mol. The number of unbranched alkanes of at least 4 members (excludes halogenated alkanes) is 1. The van der Waals surface area contributed by atoms with Crippen molar-refractivity contribution in [2.24, 2.45) is 0 Å². The van der Waals surface area contributed by atoms with Crippen LogP contribution in [-0.4, -0.2) is 75.3 Å². The number of nitrogens with zero attached hydrogens (tertiary/aromatic N) is 3. The number of amides is 1. The molecule has 1 aliphatic heterocycles. The van der Waals surface area contributed by atoms with E-state index < -0.39 is 12.1 Å². The van der Waals surface area contributed by atoms with Gasteiger partial charge in [-0.25, -0.2) is 0 Å². The van der Waals surface area contributed by atoms with Crippen LogP contribution in [0, 0.1) is 0 Å². The fraction of sp³-hybridized carbons (Fsp3) is 0.440. The van der Waals surface area contributed by atoms with Gasteiger partial charge in [0.1, 0.15) is 0 Å². The number of piperazine rings is 1. The van der Waals surface area contributed by atoms with Crippen LogP contribution < -0.4 is 0 Å². The van der Waals surface area contributed by atoms with Gasteiger partial charge in [0.2, 0.25) is 5.91 Å². The molecule has 9 heteroatoms. The first-order valence-corrected chi connectivity index (χ1v) is 13.2. The molecular weight excluding hydrogens is 566 g/mol. The zero-order valence-electron chi connectivity index (χ0n) is 18.9. The lowest BCUT2D eigenvalue weighted by Crippen LogP contribution is -2.50. The number of carbonyl (C=O) groups is 2. The lowest BCUT2D eigenvalue weighted by atomic mass is 10.1. The van der Waals surface area contributed by atoms with Crippen LogP contribution in [0.3, 0.4) is 0 Å². The average Bonchev–Trinajstić information content (AvgIpc) is 3.08. The van der Waals surface area contributed by atoms with Gasteiger partial charge in [0, 0.05) is 76.3 Å². The van der Waals surface area contributed by atoms with Gasteiger partial charge in [0.25, 0.3) is 0 Å². The fourth-order valence-electron chi connectivity index (χ4n) is 4.70. The summed E-state index contributed by atoms with van der Waals surface area (Å²) in [5.74, 6) is -0.727. The summed E-state index contributed by atoms with van der Waals surface area (Å²) >= 11 is 7.14. The van der Waals surface area contributed by atoms with Crippen LogP contribution in [0.15, 0.2) is 45.3 Å². The summed E-state index contributed by atoms with van der Waals surface area (Å²) in [7, 11) is 0. The number of carboxylic acid groups (broad SMARTS) is 1. The van der Waals surface area contributed by atoms with E-state index in [1.54, 1.807) is 0 Å². The highest BCUT2D eigenvalue weighted by molar-refractivity contribution is 9.10. The van der Waals surface area contributed by atoms with Crippen LogP contribution >= 0.6 is 31.9 Å². The maximum Gasteiger partial charge on any atom is 0.303 e. The summed E-state index contributed by atoms with van der Waals surface area (Å²) in [5.41, 5.74) is 2.18. The van der Waals surface area contributed by atoms with E-state index in [0.29, 0.717) is 45.4 Å². The monoisotopic (exact) mass is 593 g/mol. The maximum atomic E-state index is 12.4. The van der Waals surface area contributed by atoms with E-state index in [-0.39, 0.29) is 12.3 Å². The Kier molecular flexibility index (Phi) is 8.29. The Labute approximate surface area is 215 Å². The number of rotatable bonds is 9. The Morgan fingerprint density at radius 3 is 1.97 bits per heavy atom. The SMILES string of the molecule is O=C(O)CCCCC(=O)N1CCN(C[C@@H](O)Cn2c3ccc(Br)cc3c3cc(Br)ccc32)CC1. The number of halogens is 2. The summed E-state index contributed by atoms with van der Waals surface area (Å²) in [6.07, 6.45) is 1.11. The normalized spacial score (nSPS) is 15.8. The predicted octanol–water partition coefficient (Wildman–Crippen LogP) is 4.47. The molecule has 2 aromatic carbocycles. The number of aliphatic carboxylic acids is 1. The number of β-amino-alcohol motifs (C(OH)–C–C–N with tert-alkyl or cyclic N) is 1. The van der Waals surface area contributed by atoms with Crippen molar-refractivity contribution < 1.29 is 19.8 Å². The number of benzene rings is 2. The van der Waals surface area contributed by atoms with Crippen molar-refractivity contribution in [3.05, 3.63) is 45.3 Å². The minimum atomic E-state index is -0.818. The highest BCUT2D eigenvalue weighted by Crippen LogP contribution is 2.33. The van der Waals surface area contributed by atoms with Gasteiger partial charge < -0.3 is 19.7 Å². The fourth-order valence-corrected chi connectivity index (χ4v) is 5.42. The summed E-state index contributed by atoms with van der Waals surface area (Å²) in [6, 6.07) is 12.5. The van der Waals surface area contributed by atoms with Gasteiger partial charge in [0.15, 0.2) is 0 Å². The minimum absolute atomic E-state index is 0.0909. The average molecular weight is 595 g/mol. The molecule has 182 valence electrons. The molecule has 1 aromatic heterocycles. The van der Waals surface area contributed by atoms with Gasteiger partial charge in [-0.2, -0.15) is 0 Å². The highest BCUT2D eigenvalue weighted by Gasteiger charge is 2.23. The molecule has 34 heavy (non-hydrogen) atoms. The number of aliphatic hydroxyl groups is 1. The van der Waals surface area contributed by atoms with Gasteiger partial charge in [-0.3, -0.25) is 14.5 Å². The Hall–Kier alpha value is -1.94. The van der Waals surface area contributed by atoms with Gasteiger partial charge in [-0.05, 0) is 49.2 Å². The molecule has 2 heterocycles. The third-order valence-corrected chi connectivity index (χ3v) is 7.39. The minimum Gasteiger partial charge on any atom is -0.481 e. The van der Waals surface area contributed by atoms with Crippen molar-refractivity contribution in [2.75, 3.05) is 32.7 Å². The van der Waals surface area contributed by atoms with Gasteiger partial charge in [-0.15, -0.1) is 0 Å². The number of hydrogen-bond acceptors (Lipinski definition) is 4. The van der Waals surface area contributed by atoms with Crippen LogP contribution in [0.25, 0.3) is 21.8 Å². The highest BCUT2D eigenvalue weighted by atomic mass is 79.9. The molecule has 1 fully saturated rings. The molecule has 1 amide bonds. The van der Waals surface area contributed by atoms with E-state index in [9.17, 15) is 14.7 Å². The Morgan fingerprint density at radius 1 is 0.853 bits per heavy atom. The lowest BCUT2D eigenvalue weighted by molar-refractivity contribution is -0.138. The topological polar surface area (TPSA) is 86.0 Å². The third kappa shape index (κ3) is 6.00. The molecule has 0 unspecified atom stereocenters. The zero-order valence-corrected chi connectivity index (χ0v) is 22.1. The Balaban J connectivity index is 1.34. The van der Waals surface area contributed by atoms with Crippen molar-refractivity contribution >= 4 is 65.5 Å². The molecule has 7 nitrogen and oxygen atoms in total. The van der Waals surface area contributed by atoms with Crippen molar-refractivity contribution in [3.8, 4) is 0 Å². The first-order valence-electron chi connectivity index (χ1n) is 11.6. The van der Waals surface area contributed by atoms with Crippen LogP contribution in [0.1, 0.15) is 25.7 Å². The Morgan fingerprint density at radius 2 is 1.41 bits per heavy atom. The van der Waals surface area contributed by atoms with Gasteiger partial charge in [0.05, 0.1) is 12.6 Å². The number of aliphatic hydroxyl groups excluding tert-OH is 1. The summed E-state index contributed by atoms with van der Waals surface area (Å²) < 4.78 is 4.23. The first kappa shape index (κ1) is 25.2. The quantitative estimate of drug-likeness (QED) is 0.357. The lowest BCUT2D eigenvalue weighted by Gasteiger charge is -2.35. The van der Waals surface area contributed by atoms with Crippen LogP contribution in [0.5, 0.6) is 0 Å². The van der Waals surface area contributed by atoms with Crippen LogP contribution in [0.2, 0.25) is 0 Å². The second-order valence-electron chi connectivity index (χ2n) is 8.87. The molecule has 0 spiro atoms. The summed E-state index contributed by atoms with van der Waals surface area (Å²) in [6.45, 7) is 3.78. The van der Waals surface area contributed by atoms with Gasteiger partial charge >= 0.3 is 5.97 Å². The van der Waals surface area contributed by atoms with Crippen LogP contribution in [-0.2, 0) is 16.1 Å². The smallest absolute Gasteiger partial charge is 0.303 e. The van der Waals surface area contributed by atoms with E-state index in [2.05, 4.69) is 65.6 Å². The summed E-state index contributed by atoms with van der Waals surface area (Å²) in [5, 5.41) is 22.0. The van der Waals surface area contributed by atoms with E-state index in [1.165, 1.54) is 0 Å². The molecular formula is C25H29Br2N3O4. The standard InChI is InChI=1S/C25H29Br2N3O4/c26-17-5-7-22-20(13-17)21-14-18(27)6-8-23(21)30(22)16-19(31)15-28-9-11-29(12-10-28)24(32)3-1-2-4-25(33)34/h5-8,13-14,19,31H,1-4,9-12,15-16H2,(H,33,34)/t19-/m1/s1. The van der Waals surface area contributed by atoms with E-state index in [0.717, 1.165) is 43.8 Å². The van der Waals surface area contributed by atoms with Crippen molar-refractivity contribution in [1.29, 1.82) is 0 Å².